The quantitative estimate of drug-likeness (QED) is 0.584. The van der Waals surface area contributed by atoms with Gasteiger partial charge < -0.3 is 16.0 Å². The Kier molecular flexibility index (Phi) is 4.27. The second-order valence-corrected chi connectivity index (χ2v) is 8.04. The van der Waals surface area contributed by atoms with E-state index in [0.29, 0.717) is 5.92 Å². The van der Waals surface area contributed by atoms with E-state index in [0.717, 1.165) is 39.6 Å². The maximum absolute atomic E-state index is 4.73. The van der Waals surface area contributed by atoms with Gasteiger partial charge in [0, 0.05) is 41.3 Å². The minimum Gasteiger partial charge on any atom is -0.366 e. The molecular formula is C25H22N6. The van der Waals surface area contributed by atoms with Gasteiger partial charge in [-0.3, -0.25) is 0 Å². The molecule has 1 aromatic carbocycles. The highest BCUT2D eigenvalue weighted by Gasteiger charge is 2.29. The fourth-order valence-electron chi connectivity index (χ4n) is 4.18. The molecule has 0 unspecified atom stereocenters. The van der Waals surface area contributed by atoms with Crippen LogP contribution in [0.4, 0.5) is 11.6 Å². The topological polar surface area (TPSA) is 74.2 Å². The zero-order valence-corrected chi connectivity index (χ0v) is 17.0. The summed E-state index contributed by atoms with van der Waals surface area (Å²) in [5.74, 6) is 2.94. The van der Waals surface area contributed by atoms with Gasteiger partial charge in [-0.15, -0.1) is 0 Å². The van der Waals surface area contributed by atoms with Gasteiger partial charge in [-0.25, -0.2) is 15.0 Å². The summed E-state index contributed by atoms with van der Waals surface area (Å²) < 4.78 is 0. The molecule has 3 aromatic rings. The Labute approximate surface area is 180 Å². The number of para-hydroxylation sites is 1. The molecule has 152 valence electrons. The molecule has 6 rings (SSSR count). The molecule has 0 saturated heterocycles. The molecule has 4 heterocycles. The van der Waals surface area contributed by atoms with Gasteiger partial charge in [0.25, 0.3) is 0 Å². The molecule has 6 heteroatoms. The van der Waals surface area contributed by atoms with Crippen molar-refractivity contribution in [2.75, 3.05) is 5.32 Å². The lowest BCUT2D eigenvalue weighted by molar-refractivity contribution is 0.369. The van der Waals surface area contributed by atoms with Crippen molar-refractivity contribution in [3.05, 3.63) is 95.7 Å². The standard InChI is InChI=1S/C25H22N6/c1-2-7-21-17(4-1)8-9-23(29-21)31-24-12-18(10-11-27-24)25-28-14-20-19(16-5-3-6-16)13-26-15-22(20)30-25/h1-2,4,7-16,26H,3,5-6H2,(H,28,30)(H,27,29,31). The van der Waals surface area contributed by atoms with Crippen LogP contribution in [-0.4, -0.2) is 15.8 Å². The normalized spacial score (nSPS) is 17.8. The number of allylic oxidation sites excluding steroid dienone is 1. The van der Waals surface area contributed by atoms with E-state index in [2.05, 4.69) is 44.3 Å². The van der Waals surface area contributed by atoms with Gasteiger partial charge in [-0.2, -0.15) is 0 Å². The first-order chi connectivity index (χ1) is 15.3. The third kappa shape index (κ3) is 3.36. The van der Waals surface area contributed by atoms with Crippen molar-refractivity contribution in [2.45, 2.75) is 19.3 Å². The monoisotopic (exact) mass is 406 g/mol. The predicted molar refractivity (Wildman–Crippen MR) is 124 cm³/mol. The van der Waals surface area contributed by atoms with Crippen molar-refractivity contribution in [1.82, 2.24) is 20.6 Å². The molecule has 1 aliphatic carbocycles. The van der Waals surface area contributed by atoms with Crippen LogP contribution in [0.1, 0.15) is 24.8 Å². The molecule has 0 amide bonds. The Balaban J connectivity index is 1.26. The van der Waals surface area contributed by atoms with Crippen LogP contribution in [0.3, 0.4) is 0 Å². The molecule has 31 heavy (non-hydrogen) atoms. The van der Waals surface area contributed by atoms with Crippen molar-refractivity contribution in [3.8, 4) is 0 Å². The maximum atomic E-state index is 4.73. The van der Waals surface area contributed by atoms with Crippen molar-refractivity contribution in [3.63, 3.8) is 0 Å². The number of anilines is 2. The number of dihydropyridines is 1. The van der Waals surface area contributed by atoms with Crippen LogP contribution in [0.2, 0.25) is 0 Å². The number of nitrogens with one attached hydrogen (secondary N) is 3. The van der Waals surface area contributed by atoms with Gasteiger partial charge in [-0.1, -0.05) is 24.6 Å². The fraction of sp³-hybridized carbons (Fsp3) is 0.160. The molecule has 3 aliphatic rings. The maximum Gasteiger partial charge on any atom is 0.137 e. The predicted octanol–water partition coefficient (Wildman–Crippen LogP) is 4.74. The highest BCUT2D eigenvalue weighted by atomic mass is 15.1. The fourth-order valence-corrected chi connectivity index (χ4v) is 4.18. The molecule has 0 bridgehead atoms. The molecule has 2 aliphatic heterocycles. The van der Waals surface area contributed by atoms with E-state index >= 15 is 0 Å². The number of pyridine rings is 2. The van der Waals surface area contributed by atoms with Gasteiger partial charge >= 0.3 is 0 Å². The summed E-state index contributed by atoms with van der Waals surface area (Å²) in [6, 6.07) is 16.0. The number of benzene rings is 1. The lowest BCUT2D eigenvalue weighted by atomic mass is 9.76. The van der Waals surface area contributed by atoms with E-state index in [4.69, 9.17) is 4.99 Å². The summed E-state index contributed by atoms with van der Waals surface area (Å²) in [5, 5.41) is 11.2. The average molecular weight is 406 g/mol. The van der Waals surface area contributed by atoms with E-state index in [1.165, 1.54) is 30.4 Å². The van der Waals surface area contributed by atoms with Crippen molar-refractivity contribution >= 4 is 28.4 Å². The third-order valence-corrected chi connectivity index (χ3v) is 6.08. The molecule has 0 radical (unpaired) electrons. The Morgan fingerprint density at radius 3 is 2.81 bits per heavy atom. The van der Waals surface area contributed by atoms with E-state index < -0.39 is 0 Å². The van der Waals surface area contributed by atoms with E-state index in [1.807, 2.05) is 48.8 Å². The Morgan fingerprint density at radius 1 is 0.968 bits per heavy atom. The van der Waals surface area contributed by atoms with E-state index in [9.17, 15) is 0 Å². The number of aromatic nitrogens is 2. The highest BCUT2D eigenvalue weighted by Crippen LogP contribution is 2.39. The second-order valence-electron chi connectivity index (χ2n) is 8.04. The first-order valence-corrected chi connectivity index (χ1v) is 10.6. The van der Waals surface area contributed by atoms with Crippen LogP contribution in [0, 0.1) is 5.92 Å². The molecule has 0 spiro atoms. The highest BCUT2D eigenvalue weighted by molar-refractivity contribution is 6.02. The summed E-state index contributed by atoms with van der Waals surface area (Å²) in [6.45, 7) is 0. The average Bonchev–Trinajstić information content (AvgIpc) is 2.78. The largest absolute Gasteiger partial charge is 0.366 e. The van der Waals surface area contributed by atoms with Crippen LogP contribution in [0.25, 0.3) is 10.9 Å². The molecule has 1 saturated carbocycles. The van der Waals surface area contributed by atoms with Gasteiger partial charge in [-0.05, 0) is 54.7 Å². The first-order valence-electron chi connectivity index (χ1n) is 10.6. The zero-order chi connectivity index (χ0) is 20.6. The lowest BCUT2D eigenvalue weighted by Gasteiger charge is -2.33. The molecule has 0 atom stereocenters. The Hall–Kier alpha value is -3.93. The Morgan fingerprint density at radius 2 is 1.90 bits per heavy atom. The number of aliphatic imine (C=N–C) groups is 1. The van der Waals surface area contributed by atoms with Crippen molar-refractivity contribution in [2.24, 2.45) is 10.9 Å². The number of rotatable bonds is 4. The second kappa shape index (κ2) is 7.40. The van der Waals surface area contributed by atoms with Gasteiger partial charge in [0.05, 0.1) is 11.2 Å². The van der Waals surface area contributed by atoms with Crippen LogP contribution in [-0.2, 0) is 0 Å². The smallest absolute Gasteiger partial charge is 0.137 e. The van der Waals surface area contributed by atoms with E-state index in [-0.39, 0.29) is 0 Å². The number of hydrogen-bond acceptors (Lipinski definition) is 6. The lowest BCUT2D eigenvalue weighted by Crippen LogP contribution is -2.32. The van der Waals surface area contributed by atoms with Crippen molar-refractivity contribution < 1.29 is 0 Å². The third-order valence-electron chi connectivity index (χ3n) is 6.08. The van der Waals surface area contributed by atoms with Gasteiger partial charge in [0.1, 0.15) is 17.5 Å². The number of nitrogens with zero attached hydrogens (tertiary/aromatic N) is 3. The Bertz CT molecular complexity index is 1300. The molecule has 3 N–H and O–H groups in total. The van der Waals surface area contributed by atoms with Crippen LogP contribution >= 0.6 is 0 Å². The molecule has 6 nitrogen and oxygen atoms in total. The number of fused-ring (bicyclic) bond motifs is 2. The summed E-state index contributed by atoms with van der Waals surface area (Å²) in [7, 11) is 0. The first kappa shape index (κ1) is 17.9. The van der Waals surface area contributed by atoms with Crippen LogP contribution < -0.4 is 16.0 Å². The van der Waals surface area contributed by atoms with Gasteiger partial charge in [0.2, 0.25) is 0 Å². The SMILES string of the molecule is C1=C2NC(c3ccnc(Nc4ccc5ccccc5n4)c3)=NC=C2C(C2CCC2)=CN1. The summed E-state index contributed by atoms with van der Waals surface area (Å²) in [6.07, 6.45) is 11.7. The van der Waals surface area contributed by atoms with Crippen LogP contribution in [0.15, 0.2) is 95.2 Å². The molecular weight excluding hydrogens is 384 g/mol. The summed E-state index contributed by atoms with van der Waals surface area (Å²) in [4.78, 5) is 13.9. The van der Waals surface area contributed by atoms with Crippen molar-refractivity contribution in [1.29, 1.82) is 0 Å². The molecule has 1 fully saturated rings. The summed E-state index contributed by atoms with van der Waals surface area (Å²) in [5.41, 5.74) is 5.54. The molecule has 2 aromatic heterocycles. The minimum absolute atomic E-state index is 0.646. The van der Waals surface area contributed by atoms with E-state index in [1.54, 1.807) is 6.20 Å². The zero-order valence-electron chi connectivity index (χ0n) is 17.0. The van der Waals surface area contributed by atoms with Gasteiger partial charge in [0.15, 0.2) is 0 Å². The van der Waals surface area contributed by atoms with Crippen LogP contribution in [0.5, 0.6) is 0 Å². The number of amidine groups is 1. The minimum atomic E-state index is 0.646. The summed E-state index contributed by atoms with van der Waals surface area (Å²) >= 11 is 0. The number of hydrogen-bond donors (Lipinski definition) is 3.